The Kier molecular flexibility index (Phi) is 3.19. The minimum absolute atomic E-state index is 0.256. The van der Waals surface area contributed by atoms with E-state index >= 15 is 0 Å². The Morgan fingerprint density at radius 3 is 2.81 bits per heavy atom. The third-order valence-electron chi connectivity index (χ3n) is 2.87. The average Bonchev–Trinajstić information content (AvgIpc) is 2.74. The van der Waals surface area contributed by atoms with Crippen molar-refractivity contribution in [2.45, 2.75) is 12.5 Å². The van der Waals surface area contributed by atoms with Gasteiger partial charge in [-0.2, -0.15) is 0 Å². The van der Waals surface area contributed by atoms with Crippen LogP contribution in [0.15, 0.2) is 12.1 Å². The van der Waals surface area contributed by atoms with Crippen LogP contribution in [0.5, 0.6) is 11.5 Å². The second-order valence-electron chi connectivity index (χ2n) is 3.95. The van der Waals surface area contributed by atoms with E-state index in [1.165, 1.54) is 0 Å². The Morgan fingerprint density at radius 1 is 1.44 bits per heavy atom. The van der Waals surface area contributed by atoms with Crippen molar-refractivity contribution in [3.63, 3.8) is 0 Å². The van der Waals surface area contributed by atoms with Gasteiger partial charge < -0.3 is 20.1 Å². The summed E-state index contributed by atoms with van der Waals surface area (Å²) in [5.74, 6) is 1.49. The Morgan fingerprint density at radius 2 is 2.25 bits per heavy atom. The highest BCUT2D eigenvalue weighted by molar-refractivity contribution is 5.61. The third-order valence-corrected chi connectivity index (χ3v) is 2.87. The smallest absolute Gasteiger partial charge is 0.145 e. The standard InChI is InChI=1S/C12H17N2O2/c1-15-10-3-4-11(12(7-10)16-2)14-6-5-9(13)8-14/h4,7,9H,5-6,8,13H2,1-2H3/t9-/m1/s1. The van der Waals surface area contributed by atoms with E-state index in [9.17, 15) is 0 Å². The number of hydrogen-bond acceptors (Lipinski definition) is 4. The third kappa shape index (κ3) is 2.07. The zero-order valence-electron chi connectivity index (χ0n) is 9.69. The van der Waals surface area contributed by atoms with Gasteiger partial charge in [-0.3, -0.25) is 0 Å². The van der Waals surface area contributed by atoms with Crippen molar-refractivity contribution in [1.82, 2.24) is 0 Å². The molecule has 1 aromatic carbocycles. The van der Waals surface area contributed by atoms with Crippen molar-refractivity contribution in [3.8, 4) is 11.5 Å². The van der Waals surface area contributed by atoms with Gasteiger partial charge in [-0.05, 0) is 12.5 Å². The number of rotatable bonds is 3. The fourth-order valence-corrected chi connectivity index (χ4v) is 1.98. The molecule has 1 aromatic rings. The van der Waals surface area contributed by atoms with Gasteiger partial charge >= 0.3 is 0 Å². The van der Waals surface area contributed by atoms with Gasteiger partial charge in [0.05, 0.1) is 19.9 Å². The van der Waals surface area contributed by atoms with Crippen LogP contribution in [0.2, 0.25) is 0 Å². The molecule has 0 saturated carbocycles. The van der Waals surface area contributed by atoms with Gasteiger partial charge in [0.25, 0.3) is 0 Å². The van der Waals surface area contributed by atoms with Gasteiger partial charge in [0.2, 0.25) is 0 Å². The van der Waals surface area contributed by atoms with Crippen molar-refractivity contribution in [1.29, 1.82) is 0 Å². The Balaban J connectivity index is 2.26. The normalized spacial score (nSPS) is 19.9. The number of anilines is 1. The Labute approximate surface area is 95.9 Å². The van der Waals surface area contributed by atoms with Gasteiger partial charge in [-0.15, -0.1) is 0 Å². The van der Waals surface area contributed by atoms with E-state index in [1.54, 1.807) is 14.2 Å². The number of ether oxygens (including phenoxy) is 2. The molecule has 87 valence electrons. The zero-order valence-corrected chi connectivity index (χ0v) is 9.69. The predicted octanol–water partition coefficient (Wildman–Crippen LogP) is 1.04. The molecule has 1 saturated heterocycles. The lowest BCUT2D eigenvalue weighted by Crippen LogP contribution is -2.26. The van der Waals surface area contributed by atoms with E-state index < -0.39 is 0 Å². The van der Waals surface area contributed by atoms with Gasteiger partial charge in [-0.1, -0.05) is 0 Å². The minimum Gasteiger partial charge on any atom is -0.496 e. The fourth-order valence-electron chi connectivity index (χ4n) is 1.98. The Hall–Kier alpha value is -1.42. The zero-order chi connectivity index (χ0) is 11.5. The molecule has 1 aliphatic heterocycles. The number of hydrogen-bond donors (Lipinski definition) is 1. The molecule has 1 heterocycles. The lowest BCUT2D eigenvalue weighted by molar-refractivity contribution is 0.394. The van der Waals surface area contributed by atoms with Crippen LogP contribution in [-0.4, -0.2) is 33.4 Å². The SMILES string of the molecule is COc1[c]cc(N2CC[C@@H](N)C2)c(OC)c1. The molecule has 4 nitrogen and oxygen atoms in total. The second-order valence-corrected chi connectivity index (χ2v) is 3.95. The van der Waals surface area contributed by atoms with Crippen LogP contribution in [0.1, 0.15) is 6.42 Å². The van der Waals surface area contributed by atoms with Crippen LogP contribution < -0.4 is 20.1 Å². The van der Waals surface area contributed by atoms with Crippen LogP contribution >= 0.6 is 0 Å². The molecule has 0 bridgehead atoms. The number of benzene rings is 1. The van der Waals surface area contributed by atoms with Gasteiger partial charge in [0.1, 0.15) is 11.5 Å². The van der Waals surface area contributed by atoms with Crippen LogP contribution in [-0.2, 0) is 0 Å². The lowest BCUT2D eigenvalue weighted by atomic mass is 10.2. The van der Waals surface area contributed by atoms with Crippen molar-refractivity contribution in [2.75, 3.05) is 32.2 Å². The van der Waals surface area contributed by atoms with E-state index in [-0.39, 0.29) is 6.04 Å². The highest BCUT2D eigenvalue weighted by Gasteiger charge is 2.22. The maximum absolute atomic E-state index is 5.89. The Bertz CT molecular complexity index is 368. The van der Waals surface area contributed by atoms with E-state index in [0.717, 1.165) is 30.9 Å². The first-order valence-electron chi connectivity index (χ1n) is 5.39. The lowest BCUT2D eigenvalue weighted by Gasteiger charge is -2.21. The van der Waals surface area contributed by atoms with Crippen molar-refractivity contribution in [3.05, 3.63) is 18.2 Å². The van der Waals surface area contributed by atoms with E-state index in [1.807, 2.05) is 12.1 Å². The van der Waals surface area contributed by atoms with Gasteiger partial charge in [0.15, 0.2) is 0 Å². The molecule has 0 unspecified atom stereocenters. The minimum atomic E-state index is 0.256. The second kappa shape index (κ2) is 4.61. The first-order chi connectivity index (χ1) is 7.74. The van der Waals surface area contributed by atoms with Crippen LogP contribution in [0.25, 0.3) is 0 Å². The molecule has 0 spiro atoms. The van der Waals surface area contributed by atoms with Crippen LogP contribution in [0.3, 0.4) is 0 Å². The maximum Gasteiger partial charge on any atom is 0.145 e. The highest BCUT2D eigenvalue weighted by Crippen LogP contribution is 2.33. The summed E-state index contributed by atoms with van der Waals surface area (Å²) in [5, 5.41) is 0. The molecule has 2 N–H and O–H groups in total. The number of nitrogens with two attached hydrogens (primary N) is 1. The van der Waals surface area contributed by atoms with Gasteiger partial charge in [0, 0.05) is 31.3 Å². The number of methoxy groups -OCH3 is 2. The molecular formula is C12H17N2O2. The first-order valence-corrected chi connectivity index (χ1v) is 5.39. The maximum atomic E-state index is 5.89. The molecule has 16 heavy (non-hydrogen) atoms. The molecule has 0 aromatic heterocycles. The van der Waals surface area contributed by atoms with Crippen LogP contribution in [0.4, 0.5) is 5.69 Å². The summed E-state index contributed by atoms with van der Waals surface area (Å²) in [7, 11) is 3.28. The van der Waals surface area contributed by atoms with E-state index in [2.05, 4.69) is 11.0 Å². The van der Waals surface area contributed by atoms with E-state index in [0.29, 0.717) is 5.75 Å². The van der Waals surface area contributed by atoms with Crippen molar-refractivity contribution in [2.24, 2.45) is 5.73 Å². The molecule has 1 atom stereocenters. The average molecular weight is 221 g/mol. The topological polar surface area (TPSA) is 47.7 Å². The molecule has 1 fully saturated rings. The molecular weight excluding hydrogens is 204 g/mol. The summed E-state index contributed by atoms with van der Waals surface area (Å²) in [5.41, 5.74) is 6.93. The summed E-state index contributed by atoms with van der Waals surface area (Å²) in [4.78, 5) is 2.22. The molecule has 0 aliphatic carbocycles. The molecule has 2 rings (SSSR count). The summed E-state index contributed by atoms with van der Waals surface area (Å²) >= 11 is 0. The predicted molar refractivity (Wildman–Crippen MR) is 63.2 cm³/mol. The largest absolute Gasteiger partial charge is 0.496 e. The van der Waals surface area contributed by atoms with E-state index in [4.69, 9.17) is 15.2 Å². The first kappa shape index (κ1) is 11.1. The summed E-state index contributed by atoms with van der Waals surface area (Å²) in [6, 6.07) is 7.07. The quantitative estimate of drug-likeness (QED) is 0.828. The fraction of sp³-hybridized carbons (Fsp3) is 0.500. The molecule has 1 radical (unpaired) electrons. The van der Waals surface area contributed by atoms with Crippen molar-refractivity contribution >= 4 is 5.69 Å². The summed E-state index contributed by atoms with van der Waals surface area (Å²) < 4.78 is 10.5. The summed E-state index contributed by atoms with van der Waals surface area (Å²) in [6.07, 6.45) is 1.02. The molecule has 1 aliphatic rings. The molecule has 0 amide bonds. The monoisotopic (exact) mass is 221 g/mol. The van der Waals surface area contributed by atoms with Crippen molar-refractivity contribution < 1.29 is 9.47 Å². The highest BCUT2D eigenvalue weighted by atomic mass is 16.5. The molecule has 4 heteroatoms. The summed E-state index contributed by atoms with van der Waals surface area (Å²) in [6.45, 7) is 1.84. The number of nitrogens with zero attached hydrogens (tertiary/aromatic N) is 1. The van der Waals surface area contributed by atoms with Crippen LogP contribution in [0, 0.1) is 6.07 Å². The van der Waals surface area contributed by atoms with Gasteiger partial charge in [-0.25, -0.2) is 0 Å².